The van der Waals surface area contributed by atoms with Gasteiger partial charge in [0.25, 0.3) is 11.8 Å². The number of carbonyl (C=O) groups is 3. The van der Waals surface area contributed by atoms with Crippen molar-refractivity contribution in [1.29, 1.82) is 5.41 Å². The Bertz CT molecular complexity index is 1340. The summed E-state index contributed by atoms with van der Waals surface area (Å²) in [5.74, 6) is -2.35. The summed E-state index contributed by atoms with van der Waals surface area (Å²) >= 11 is 0. The number of nitrogens with one attached hydrogen (secondary N) is 3. The van der Waals surface area contributed by atoms with Gasteiger partial charge in [-0.3, -0.25) is 24.4 Å². The Hall–Kier alpha value is -3.79. The molecule has 1 saturated carbocycles. The Kier molecular flexibility index (Phi) is 9.42. The number of carbonyl (C=O) groups excluding carboxylic acids is 3. The molecule has 0 radical (unpaired) electrons. The molecule has 41 heavy (non-hydrogen) atoms. The average Bonchev–Trinajstić information content (AvgIpc) is 2.93. The normalized spacial score (nSPS) is 19.4. The minimum atomic E-state index is -1.01. The average molecular weight is 563 g/mol. The lowest BCUT2D eigenvalue weighted by Gasteiger charge is -2.37. The first-order valence-electron chi connectivity index (χ1n) is 14.4. The zero-order chi connectivity index (χ0) is 29.7. The highest BCUT2D eigenvalue weighted by Crippen LogP contribution is 2.33. The smallest absolute Gasteiger partial charge is 0.316 e. The van der Waals surface area contributed by atoms with Crippen molar-refractivity contribution in [2.45, 2.75) is 84.4 Å². The number of hydrogen-bond acceptors (Lipinski definition) is 8. The van der Waals surface area contributed by atoms with Crippen LogP contribution in [0.15, 0.2) is 36.4 Å². The van der Waals surface area contributed by atoms with Crippen molar-refractivity contribution in [3.8, 4) is 0 Å². The molecule has 220 valence electrons. The van der Waals surface area contributed by atoms with Crippen LogP contribution in [0.3, 0.4) is 0 Å². The number of aromatic nitrogens is 1. The van der Waals surface area contributed by atoms with Gasteiger partial charge in [0.05, 0.1) is 17.0 Å². The molecule has 1 aromatic heterocycles. The Labute approximate surface area is 241 Å². The van der Waals surface area contributed by atoms with Crippen molar-refractivity contribution in [3.63, 3.8) is 0 Å². The number of benzene rings is 1. The van der Waals surface area contributed by atoms with Crippen LogP contribution in [0.1, 0.15) is 71.1 Å². The van der Waals surface area contributed by atoms with E-state index < -0.39 is 47.3 Å². The van der Waals surface area contributed by atoms with Crippen molar-refractivity contribution >= 4 is 40.7 Å². The van der Waals surface area contributed by atoms with Gasteiger partial charge in [-0.1, -0.05) is 43.7 Å². The van der Waals surface area contributed by atoms with E-state index in [-0.39, 0.29) is 5.92 Å². The van der Waals surface area contributed by atoms with Gasteiger partial charge in [0, 0.05) is 23.5 Å². The molecular weight excluding hydrogens is 522 g/mol. The van der Waals surface area contributed by atoms with Gasteiger partial charge in [-0.25, -0.2) is 5.43 Å². The van der Waals surface area contributed by atoms with E-state index >= 15 is 0 Å². The standard InChI is InChI=1S/C31H41N5O5/c1-5-23-14-13-21-12-11-20(18-25(21)34-23)15-16-31(3,4)30(40)41-26(22-8-6-9-22)28(38)33-19(2)29(39)36-17-7-10-24(35-36)27(32)37/h11-16,18-19,22,24,26,35H,5-10,17H2,1-4H3,(H2,32,37)(H,33,38)/p-1/b16-15+/t19?,24-,26?/m0/s1. The van der Waals surface area contributed by atoms with E-state index in [1.165, 1.54) is 5.01 Å². The molecule has 10 heteroatoms. The Morgan fingerprint density at radius 2 is 1.95 bits per heavy atom. The van der Waals surface area contributed by atoms with E-state index in [0.29, 0.717) is 19.4 Å². The van der Waals surface area contributed by atoms with Crippen molar-refractivity contribution in [3.05, 3.63) is 47.7 Å². The minimum absolute atomic E-state index is 0.112. The van der Waals surface area contributed by atoms with Crippen molar-refractivity contribution in [1.82, 2.24) is 20.7 Å². The first-order valence-corrected chi connectivity index (χ1v) is 14.4. The van der Waals surface area contributed by atoms with Crippen LogP contribution >= 0.6 is 0 Å². The van der Waals surface area contributed by atoms with Crippen molar-refractivity contribution in [2.75, 3.05) is 6.54 Å². The second-order valence-corrected chi connectivity index (χ2v) is 11.6. The second-order valence-electron chi connectivity index (χ2n) is 11.6. The Morgan fingerprint density at radius 3 is 2.61 bits per heavy atom. The number of hydrogen-bond donors (Lipinski definition) is 3. The lowest BCUT2D eigenvalue weighted by atomic mass is 9.80. The van der Waals surface area contributed by atoms with E-state index in [9.17, 15) is 19.5 Å². The molecule has 2 fully saturated rings. The van der Waals surface area contributed by atoms with Gasteiger partial charge in [0.15, 0.2) is 6.10 Å². The number of nitrogens with zero attached hydrogens (tertiary/aromatic N) is 2. The third-order valence-corrected chi connectivity index (χ3v) is 7.92. The molecule has 10 nitrogen and oxygen atoms in total. The SMILES string of the molecule is CCc1ccc2ccc(/C=C/C(C)(C)C(=O)OC(C(=O)NC(C)C(=O)N3CCC[C@@H](C(=N)[O-])N3)C3CCC3)cc2n1. The van der Waals surface area contributed by atoms with Crippen molar-refractivity contribution < 1.29 is 24.2 Å². The molecular formula is C31H40N5O5-. The molecule has 1 saturated heterocycles. The predicted octanol–water partition coefficient (Wildman–Crippen LogP) is 2.89. The Balaban J connectivity index is 1.40. The fourth-order valence-corrected chi connectivity index (χ4v) is 4.95. The van der Waals surface area contributed by atoms with Crippen LogP contribution < -0.4 is 15.8 Å². The molecule has 2 heterocycles. The van der Waals surface area contributed by atoms with Gasteiger partial charge in [0.2, 0.25) is 0 Å². The molecule has 1 aliphatic carbocycles. The molecule has 0 spiro atoms. The number of hydrazine groups is 1. The largest absolute Gasteiger partial charge is 0.861 e. The number of aryl methyl sites for hydroxylation is 1. The van der Waals surface area contributed by atoms with Crippen LogP contribution in [0.25, 0.3) is 17.0 Å². The molecule has 2 amide bonds. The summed E-state index contributed by atoms with van der Waals surface area (Å²) in [6.45, 7) is 7.48. The van der Waals surface area contributed by atoms with Gasteiger partial charge < -0.3 is 20.6 Å². The zero-order valence-electron chi connectivity index (χ0n) is 24.2. The molecule has 4 rings (SSSR count). The maximum absolute atomic E-state index is 13.3. The van der Waals surface area contributed by atoms with Crippen molar-refractivity contribution in [2.24, 2.45) is 11.3 Å². The fourth-order valence-electron chi connectivity index (χ4n) is 4.95. The predicted molar refractivity (Wildman–Crippen MR) is 154 cm³/mol. The molecule has 3 N–H and O–H groups in total. The topological polar surface area (TPSA) is 148 Å². The first-order chi connectivity index (χ1) is 19.5. The molecule has 2 aromatic rings. The third kappa shape index (κ3) is 7.30. The number of rotatable bonds is 10. The van der Waals surface area contributed by atoms with E-state index in [0.717, 1.165) is 47.8 Å². The quantitative estimate of drug-likeness (QED) is 0.229. The summed E-state index contributed by atoms with van der Waals surface area (Å²) < 4.78 is 5.82. The van der Waals surface area contributed by atoms with Crippen LogP contribution in [0, 0.1) is 16.7 Å². The molecule has 2 unspecified atom stereocenters. The molecule has 1 aliphatic heterocycles. The van der Waals surface area contributed by atoms with Crippen LogP contribution in [0.5, 0.6) is 0 Å². The van der Waals surface area contributed by atoms with Gasteiger partial charge in [0.1, 0.15) is 6.04 Å². The van der Waals surface area contributed by atoms with Crippen LogP contribution in [-0.2, 0) is 25.5 Å². The number of esters is 1. The number of ether oxygens (including phenoxy) is 1. The van der Waals surface area contributed by atoms with Gasteiger partial charge in [-0.05, 0) is 76.5 Å². The van der Waals surface area contributed by atoms with Gasteiger partial charge in [-0.2, -0.15) is 0 Å². The maximum atomic E-state index is 13.3. The number of fused-ring (bicyclic) bond motifs is 1. The van der Waals surface area contributed by atoms with Gasteiger partial charge >= 0.3 is 5.97 Å². The molecule has 3 atom stereocenters. The van der Waals surface area contributed by atoms with E-state index in [2.05, 4.69) is 22.7 Å². The highest BCUT2D eigenvalue weighted by molar-refractivity contribution is 5.91. The third-order valence-electron chi connectivity index (χ3n) is 7.92. The summed E-state index contributed by atoms with van der Waals surface area (Å²) in [7, 11) is 0. The first kappa shape index (κ1) is 30.2. The van der Waals surface area contributed by atoms with E-state index in [1.807, 2.05) is 36.4 Å². The fraction of sp³-hybridized carbons (Fsp3) is 0.516. The number of pyridine rings is 1. The monoisotopic (exact) mass is 562 g/mol. The van der Waals surface area contributed by atoms with Crippen LogP contribution in [-0.4, -0.2) is 58.4 Å². The molecule has 2 aliphatic rings. The number of amides is 2. The highest BCUT2D eigenvalue weighted by atomic mass is 16.5. The summed E-state index contributed by atoms with van der Waals surface area (Å²) in [6.07, 6.45) is 7.00. The zero-order valence-corrected chi connectivity index (χ0v) is 24.2. The van der Waals surface area contributed by atoms with E-state index in [4.69, 9.17) is 10.1 Å². The summed E-state index contributed by atoms with van der Waals surface area (Å²) in [6, 6.07) is 8.37. The highest BCUT2D eigenvalue weighted by Gasteiger charge is 2.40. The lowest BCUT2D eigenvalue weighted by Crippen LogP contribution is -2.61. The van der Waals surface area contributed by atoms with Crippen LogP contribution in [0.2, 0.25) is 0 Å². The molecule has 0 bridgehead atoms. The maximum Gasteiger partial charge on any atom is 0.316 e. The minimum Gasteiger partial charge on any atom is -0.861 e. The van der Waals surface area contributed by atoms with Crippen LogP contribution in [0.4, 0.5) is 0 Å². The molecule has 1 aromatic carbocycles. The van der Waals surface area contributed by atoms with E-state index in [1.54, 1.807) is 26.8 Å². The Morgan fingerprint density at radius 1 is 1.22 bits per heavy atom. The second kappa shape index (κ2) is 12.8. The summed E-state index contributed by atoms with van der Waals surface area (Å²) in [5.41, 5.74) is 4.57. The summed E-state index contributed by atoms with van der Waals surface area (Å²) in [4.78, 5) is 44.2. The van der Waals surface area contributed by atoms with Gasteiger partial charge in [-0.15, -0.1) is 0 Å². The summed E-state index contributed by atoms with van der Waals surface area (Å²) in [5, 5.41) is 23.8. The lowest BCUT2D eigenvalue weighted by molar-refractivity contribution is -0.225.